The Morgan fingerprint density at radius 2 is 2.17 bits per heavy atom. The van der Waals surface area contributed by atoms with Crippen LogP contribution in [0.4, 0.5) is 0 Å². The molecule has 0 unspecified atom stereocenters. The van der Waals surface area contributed by atoms with Crippen LogP contribution in [-0.4, -0.2) is 16.5 Å². The lowest BCUT2D eigenvalue weighted by atomic mass is 10.2. The predicted octanol–water partition coefficient (Wildman–Crippen LogP) is 2.62. The van der Waals surface area contributed by atoms with E-state index in [0.29, 0.717) is 15.1 Å². The Labute approximate surface area is 82.4 Å². The Kier molecular flexibility index (Phi) is 2.94. The van der Waals surface area contributed by atoms with Crippen LogP contribution in [-0.2, 0) is 0 Å². The molecule has 0 aliphatic carbocycles. The van der Waals surface area contributed by atoms with E-state index in [1.54, 1.807) is 6.07 Å². The predicted molar refractivity (Wildman–Crippen MR) is 50.2 cm³/mol. The fourth-order valence-corrected chi connectivity index (χ4v) is 1.58. The van der Waals surface area contributed by atoms with Gasteiger partial charge >= 0.3 is 0 Å². The molecule has 0 spiro atoms. The third kappa shape index (κ3) is 1.89. The molecule has 2 N–H and O–H groups in total. The minimum atomic E-state index is -0.00259. The fourth-order valence-electron chi connectivity index (χ4n) is 0.746. The lowest BCUT2D eigenvalue weighted by molar-refractivity contribution is 0.321. The number of rotatable bonds is 1. The maximum Gasteiger partial charge on any atom is 0.138 e. The molecule has 0 bridgehead atoms. The largest absolute Gasteiger partial charge is 0.506 e. The van der Waals surface area contributed by atoms with Crippen molar-refractivity contribution >= 4 is 33.7 Å². The lowest BCUT2D eigenvalue weighted by Crippen LogP contribution is -1.83. The highest BCUT2D eigenvalue weighted by Gasteiger charge is 2.04. The van der Waals surface area contributed by atoms with Gasteiger partial charge in [0.2, 0.25) is 0 Å². The molecule has 0 amide bonds. The van der Waals surface area contributed by atoms with Crippen molar-refractivity contribution < 1.29 is 10.3 Å². The van der Waals surface area contributed by atoms with Gasteiger partial charge in [0.25, 0.3) is 0 Å². The molecule has 0 saturated heterocycles. The minimum absolute atomic E-state index is 0.00259. The van der Waals surface area contributed by atoms with Gasteiger partial charge in [0, 0.05) is 10.6 Å². The molecular weight excluding hydrogens is 245 g/mol. The minimum Gasteiger partial charge on any atom is -0.506 e. The highest BCUT2D eigenvalue weighted by atomic mass is 79.9. The van der Waals surface area contributed by atoms with E-state index in [4.69, 9.17) is 16.8 Å². The third-order valence-corrected chi connectivity index (χ3v) is 2.08. The van der Waals surface area contributed by atoms with E-state index in [1.807, 2.05) is 0 Å². The van der Waals surface area contributed by atoms with Crippen molar-refractivity contribution in [2.24, 2.45) is 5.16 Å². The first-order chi connectivity index (χ1) is 5.65. The zero-order valence-electron chi connectivity index (χ0n) is 5.83. The molecule has 0 aliphatic rings. The normalized spacial score (nSPS) is 10.8. The molecule has 0 atom stereocenters. The summed E-state index contributed by atoms with van der Waals surface area (Å²) in [5.74, 6) is -0.00259. The van der Waals surface area contributed by atoms with Crippen LogP contribution < -0.4 is 0 Å². The van der Waals surface area contributed by atoms with Crippen LogP contribution in [0.15, 0.2) is 21.8 Å². The van der Waals surface area contributed by atoms with Crippen LogP contribution in [0.5, 0.6) is 5.75 Å². The molecule has 1 aromatic carbocycles. The van der Waals surface area contributed by atoms with E-state index < -0.39 is 0 Å². The zero-order chi connectivity index (χ0) is 9.14. The molecule has 0 heterocycles. The summed E-state index contributed by atoms with van der Waals surface area (Å²) in [6.45, 7) is 0. The molecule has 0 aromatic heterocycles. The van der Waals surface area contributed by atoms with Crippen LogP contribution in [0.25, 0.3) is 0 Å². The van der Waals surface area contributed by atoms with E-state index in [-0.39, 0.29) is 5.75 Å². The van der Waals surface area contributed by atoms with E-state index in [1.165, 1.54) is 6.07 Å². The standard InChI is InChI=1S/C7H5BrClNO2/c8-6-2-5(9)1-4(3-10-12)7(6)11/h1-3,11-12H/b10-3-. The second-order valence-electron chi connectivity index (χ2n) is 2.07. The van der Waals surface area contributed by atoms with Gasteiger partial charge in [-0.2, -0.15) is 0 Å². The monoisotopic (exact) mass is 249 g/mol. The molecule has 0 aliphatic heterocycles. The van der Waals surface area contributed by atoms with Crippen LogP contribution in [0.1, 0.15) is 5.56 Å². The molecule has 64 valence electrons. The van der Waals surface area contributed by atoms with Crippen molar-refractivity contribution in [3.63, 3.8) is 0 Å². The van der Waals surface area contributed by atoms with Crippen molar-refractivity contribution in [1.29, 1.82) is 0 Å². The molecule has 1 rings (SSSR count). The van der Waals surface area contributed by atoms with Crippen LogP contribution in [0.2, 0.25) is 5.02 Å². The first kappa shape index (κ1) is 9.35. The maximum absolute atomic E-state index is 9.35. The second-order valence-corrected chi connectivity index (χ2v) is 3.36. The maximum atomic E-state index is 9.35. The number of phenolic OH excluding ortho intramolecular Hbond substituents is 1. The number of hydrogen-bond acceptors (Lipinski definition) is 3. The van der Waals surface area contributed by atoms with Crippen molar-refractivity contribution in [3.05, 3.63) is 27.2 Å². The Balaban J connectivity index is 3.27. The molecule has 0 fully saturated rings. The van der Waals surface area contributed by atoms with Gasteiger partial charge in [-0.05, 0) is 28.1 Å². The summed E-state index contributed by atoms with van der Waals surface area (Å²) in [7, 11) is 0. The van der Waals surface area contributed by atoms with Crippen molar-refractivity contribution in [2.45, 2.75) is 0 Å². The number of benzene rings is 1. The van der Waals surface area contributed by atoms with Crippen molar-refractivity contribution in [3.8, 4) is 5.75 Å². The Morgan fingerprint density at radius 1 is 1.50 bits per heavy atom. The van der Waals surface area contributed by atoms with Crippen molar-refractivity contribution in [1.82, 2.24) is 0 Å². The number of halogens is 2. The molecule has 5 heteroatoms. The van der Waals surface area contributed by atoms with Crippen LogP contribution in [0, 0.1) is 0 Å². The molecule has 3 nitrogen and oxygen atoms in total. The van der Waals surface area contributed by atoms with Gasteiger partial charge in [0.15, 0.2) is 0 Å². The Morgan fingerprint density at radius 3 is 2.75 bits per heavy atom. The van der Waals surface area contributed by atoms with E-state index in [2.05, 4.69) is 21.1 Å². The molecule has 0 radical (unpaired) electrons. The van der Waals surface area contributed by atoms with E-state index in [9.17, 15) is 5.11 Å². The number of oxime groups is 1. The number of nitrogens with zero attached hydrogens (tertiary/aromatic N) is 1. The number of aromatic hydroxyl groups is 1. The summed E-state index contributed by atoms with van der Waals surface area (Å²) >= 11 is 8.76. The molecular formula is C7H5BrClNO2. The van der Waals surface area contributed by atoms with Crippen LogP contribution in [0.3, 0.4) is 0 Å². The SMILES string of the molecule is O/N=C\c1cc(Cl)cc(Br)c1O. The molecule has 0 saturated carbocycles. The van der Waals surface area contributed by atoms with Gasteiger partial charge in [-0.15, -0.1) is 0 Å². The van der Waals surface area contributed by atoms with Gasteiger partial charge in [0.05, 0.1) is 10.7 Å². The topological polar surface area (TPSA) is 52.8 Å². The molecule has 12 heavy (non-hydrogen) atoms. The van der Waals surface area contributed by atoms with Gasteiger partial charge in [-0.1, -0.05) is 16.8 Å². The van der Waals surface area contributed by atoms with Crippen molar-refractivity contribution in [2.75, 3.05) is 0 Å². The summed E-state index contributed by atoms with van der Waals surface area (Å²) in [5, 5.41) is 20.8. The van der Waals surface area contributed by atoms with E-state index >= 15 is 0 Å². The summed E-state index contributed by atoms with van der Waals surface area (Å²) in [6.07, 6.45) is 1.10. The summed E-state index contributed by atoms with van der Waals surface area (Å²) in [6, 6.07) is 3.03. The van der Waals surface area contributed by atoms with Gasteiger partial charge in [0.1, 0.15) is 5.75 Å². The highest BCUT2D eigenvalue weighted by molar-refractivity contribution is 9.10. The quantitative estimate of drug-likeness (QED) is 0.457. The summed E-state index contributed by atoms with van der Waals surface area (Å²) in [5.41, 5.74) is 0.358. The number of phenols is 1. The zero-order valence-corrected chi connectivity index (χ0v) is 8.17. The summed E-state index contributed by atoms with van der Waals surface area (Å²) < 4.78 is 0.463. The number of hydrogen-bond donors (Lipinski definition) is 2. The van der Waals surface area contributed by atoms with Gasteiger partial charge in [-0.3, -0.25) is 0 Å². The Bertz CT molecular complexity index is 327. The lowest BCUT2D eigenvalue weighted by Gasteiger charge is -2.01. The fraction of sp³-hybridized carbons (Fsp3) is 0. The summed E-state index contributed by atoms with van der Waals surface area (Å²) in [4.78, 5) is 0. The van der Waals surface area contributed by atoms with Crippen LogP contribution >= 0.6 is 27.5 Å². The molecule has 1 aromatic rings. The van der Waals surface area contributed by atoms with E-state index in [0.717, 1.165) is 6.21 Å². The highest BCUT2D eigenvalue weighted by Crippen LogP contribution is 2.30. The first-order valence-corrected chi connectivity index (χ1v) is 4.17. The smallest absolute Gasteiger partial charge is 0.138 e. The second kappa shape index (κ2) is 3.78. The van der Waals surface area contributed by atoms with Gasteiger partial charge < -0.3 is 10.3 Å². The Hall–Kier alpha value is -0.740. The average Bonchev–Trinajstić information content (AvgIpc) is 2.00. The third-order valence-electron chi connectivity index (χ3n) is 1.25. The average molecular weight is 250 g/mol. The first-order valence-electron chi connectivity index (χ1n) is 3.00. The van der Waals surface area contributed by atoms with Gasteiger partial charge in [-0.25, -0.2) is 0 Å².